The van der Waals surface area contributed by atoms with Crippen molar-refractivity contribution in [3.05, 3.63) is 53.3 Å². The van der Waals surface area contributed by atoms with E-state index in [1.54, 1.807) is 9.58 Å². The van der Waals surface area contributed by atoms with Crippen LogP contribution >= 0.6 is 0 Å². The molecule has 6 heteroatoms. The van der Waals surface area contributed by atoms with Crippen LogP contribution in [0, 0.1) is 6.92 Å². The molecule has 0 aliphatic rings. The number of amides is 1. The van der Waals surface area contributed by atoms with E-state index in [2.05, 4.69) is 5.10 Å². The maximum atomic E-state index is 12.8. The summed E-state index contributed by atoms with van der Waals surface area (Å²) in [4.78, 5) is 26.7. The fraction of sp³-hybridized carbons (Fsp3) is 0.421. The zero-order chi connectivity index (χ0) is 18.4. The highest BCUT2D eigenvalue weighted by Gasteiger charge is 2.30. The number of methoxy groups -OCH3 is 1. The molecule has 134 valence electrons. The van der Waals surface area contributed by atoms with Gasteiger partial charge >= 0.3 is 5.97 Å². The Bertz CT molecular complexity index is 725. The van der Waals surface area contributed by atoms with Crippen molar-refractivity contribution >= 4 is 11.9 Å². The Balaban J connectivity index is 2.21. The van der Waals surface area contributed by atoms with E-state index in [1.165, 1.54) is 7.11 Å². The Hall–Kier alpha value is -2.63. The van der Waals surface area contributed by atoms with Crippen molar-refractivity contribution in [1.29, 1.82) is 0 Å². The largest absolute Gasteiger partial charge is 0.467 e. The first-order chi connectivity index (χ1) is 12.0. The van der Waals surface area contributed by atoms with Gasteiger partial charge in [-0.15, -0.1) is 0 Å². The molecule has 2 aromatic rings. The Morgan fingerprint density at radius 2 is 1.96 bits per heavy atom. The van der Waals surface area contributed by atoms with Gasteiger partial charge in [0, 0.05) is 25.7 Å². The maximum Gasteiger partial charge on any atom is 0.328 e. The van der Waals surface area contributed by atoms with Gasteiger partial charge < -0.3 is 9.64 Å². The highest BCUT2D eigenvalue weighted by atomic mass is 16.5. The summed E-state index contributed by atoms with van der Waals surface area (Å²) in [7, 11) is 3.16. The van der Waals surface area contributed by atoms with Crippen LogP contribution in [0.2, 0.25) is 0 Å². The first-order valence-corrected chi connectivity index (χ1v) is 8.37. The van der Waals surface area contributed by atoms with Crippen LogP contribution in [0.4, 0.5) is 0 Å². The van der Waals surface area contributed by atoms with E-state index in [0.717, 1.165) is 17.0 Å². The molecule has 0 aliphatic heterocycles. The Morgan fingerprint density at radius 3 is 2.48 bits per heavy atom. The van der Waals surface area contributed by atoms with Crippen LogP contribution in [0.3, 0.4) is 0 Å². The molecule has 1 atom stereocenters. The smallest absolute Gasteiger partial charge is 0.328 e. The number of ether oxygens (including phenoxy) is 1. The van der Waals surface area contributed by atoms with Crippen LogP contribution in [-0.4, -0.2) is 46.3 Å². The average Bonchev–Trinajstić information content (AvgIpc) is 2.92. The molecule has 0 radical (unpaired) electrons. The number of hydrogen-bond donors (Lipinski definition) is 0. The van der Waals surface area contributed by atoms with Crippen molar-refractivity contribution in [3.8, 4) is 0 Å². The van der Waals surface area contributed by atoms with Crippen LogP contribution in [0.15, 0.2) is 36.4 Å². The zero-order valence-corrected chi connectivity index (χ0v) is 15.2. The minimum absolute atomic E-state index is 0.114. The van der Waals surface area contributed by atoms with E-state index in [4.69, 9.17) is 4.74 Å². The van der Waals surface area contributed by atoms with Crippen molar-refractivity contribution < 1.29 is 14.3 Å². The van der Waals surface area contributed by atoms with Gasteiger partial charge in [0.25, 0.3) is 0 Å². The van der Waals surface area contributed by atoms with Crippen molar-refractivity contribution in [2.45, 2.75) is 32.7 Å². The second kappa shape index (κ2) is 8.46. The Morgan fingerprint density at radius 1 is 1.28 bits per heavy atom. The van der Waals surface area contributed by atoms with E-state index >= 15 is 0 Å². The van der Waals surface area contributed by atoms with Gasteiger partial charge in [0.2, 0.25) is 5.91 Å². The maximum absolute atomic E-state index is 12.8. The van der Waals surface area contributed by atoms with Crippen molar-refractivity contribution in [3.63, 3.8) is 0 Å². The molecular weight excluding hydrogens is 318 g/mol. The van der Waals surface area contributed by atoms with Crippen LogP contribution in [-0.2, 0) is 34.2 Å². The van der Waals surface area contributed by atoms with E-state index in [-0.39, 0.29) is 12.3 Å². The summed E-state index contributed by atoms with van der Waals surface area (Å²) in [5, 5.41) is 4.27. The summed E-state index contributed by atoms with van der Waals surface area (Å²) in [5.74, 6) is -0.517. The number of aromatic nitrogens is 2. The Labute approximate surface area is 148 Å². The minimum atomic E-state index is -0.640. The monoisotopic (exact) mass is 343 g/mol. The van der Waals surface area contributed by atoms with E-state index < -0.39 is 12.0 Å². The quantitative estimate of drug-likeness (QED) is 0.720. The standard InChI is InChI=1S/C19H25N3O3/c1-5-22(18(23)13-16-11-14(2)20-21(16)3)17(19(24)25-4)12-15-9-7-6-8-10-15/h6-11,17H,5,12-13H2,1-4H3/t17-/m1/s1. The Kier molecular flexibility index (Phi) is 6.33. The number of rotatable bonds is 7. The summed E-state index contributed by atoms with van der Waals surface area (Å²) in [6.07, 6.45) is 0.630. The molecule has 6 nitrogen and oxygen atoms in total. The van der Waals surface area contributed by atoms with Gasteiger partial charge in [-0.05, 0) is 25.5 Å². The minimum Gasteiger partial charge on any atom is -0.467 e. The van der Waals surface area contributed by atoms with Gasteiger partial charge in [0.1, 0.15) is 6.04 Å². The van der Waals surface area contributed by atoms with Gasteiger partial charge in [-0.2, -0.15) is 5.10 Å². The second-order valence-corrected chi connectivity index (χ2v) is 5.99. The molecule has 1 aromatic heterocycles. The third-order valence-electron chi connectivity index (χ3n) is 4.21. The third-order valence-corrected chi connectivity index (χ3v) is 4.21. The summed E-state index contributed by atoms with van der Waals surface area (Å²) in [6, 6.07) is 10.9. The molecule has 0 aliphatic carbocycles. The van der Waals surface area contributed by atoms with Gasteiger partial charge in [-0.1, -0.05) is 30.3 Å². The zero-order valence-electron chi connectivity index (χ0n) is 15.2. The topological polar surface area (TPSA) is 64.4 Å². The van der Waals surface area contributed by atoms with Crippen molar-refractivity contribution in [2.24, 2.45) is 7.05 Å². The third kappa shape index (κ3) is 4.68. The molecule has 1 heterocycles. The fourth-order valence-corrected chi connectivity index (χ4v) is 2.95. The predicted molar refractivity (Wildman–Crippen MR) is 95.0 cm³/mol. The van der Waals surface area contributed by atoms with Crippen LogP contribution in [0.25, 0.3) is 0 Å². The molecule has 0 spiro atoms. The molecule has 0 bridgehead atoms. The van der Waals surface area contributed by atoms with Gasteiger partial charge in [-0.25, -0.2) is 4.79 Å². The lowest BCUT2D eigenvalue weighted by molar-refractivity contribution is -0.152. The summed E-state index contributed by atoms with van der Waals surface area (Å²) in [5.41, 5.74) is 2.67. The van der Waals surface area contributed by atoms with Gasteiger partial charge in [0.15, 0.2) is 0 Å². The first-order valence-electron chi connectivity index (χ1n) is 8.37. The predicted octanol–water partition coefficient (Wildman–Crippen LogP) is 1.90. The number of hydrogen-bond acceptors (Lipinski definition) is 4. The van der Waals surface area contributed by atoms with E-state index in [0.29, 0.717) is 13.0 Å². The van der Waals surface area contributed by atoms with Crippen LogP contribution in [0.1, 0.15) is 23.9 Å². The van der Waals surface area contributed by atoms with Crippen molar-refractivity contribution in [2.75, 3.05) is 13.7 Å². The molecule has 25 heavy (non-hydrogen) atoms. The molecule has 2 rings (SSSR count). The molecule has 0 saturated carbocycles. The lowest BCUT2D eigenvalue weighted by Gasteiger charge is -2.29. The normalized spacial score (nSPS) is 11.8. The lowest BCUT2D eigenvalue weighted by atomic mass is 10.0. The molecule has 0 N–H and O–H groups in total. The molecule has 0 saturated heterocycles. The number of carbonyl (C=O) groups is 2. The van der Waals surface area contributed by atoms with E-state index in [1.807, 2.05) is 57.3 Å². The SMILES string of the molecule is CCN(C(=O)Cc1cc(C)nn1C)[C@H](Cc1ccccc1)C(=O)OC. The lowest BCUT2D eigenvalue weighted by Crippen LogP contribution is -2.47. The number of carbonyl (C=O) groups excluding carboxylic acids is 2. The fourth-order valence-electron chi connectivity index (χ4n) is 2.95. The van der Waals surface area contributed by atoms with Crippen LogP contribution in [0.5, 0.6) is 0 Å². The van der Waals surface area contributed by atoms with Crippen molar-refractivity contribution in [1.82, 2.24) is 14.7 Å². The second-order valence-electron chi connectivity index (χ2n) is 5.99. The number of aryl methyl sites for hydroxylation is 2. The molecule has 0 fully saturated rings. The molecule has 1 aromatic carbocycles. The van der Waals surface area contributed by atoms with Gasteiger partial charge in [0.05, 0.1) is 19.2 Å². The highest BCUT2D eigenvalue weighted by molar-refractivity contribution is 5.85. The molecular formula is C19H25N3O3. The molecule has 0 unspecified atom stereocenters. The van der Waals surface area contributed by atoms with Crippen LogP contribution < -0.4 is 0 Å². The first kappa shape index (κ1) is 18.7. The summed E-state index contributed by atoms with van der Waals surface area (Å²) < 4.78 is 6.65. The summed E-state index contributed by atoms with van der Waals surface area (Å²) in [6.45, 7) is 4.19. The highest BCUT2D eigenvalue weighted by Crippen LogP contribution is 2.13. The number of esters is 1. The van der Waals surface area contributed by atoms with E-state index in [9.17, 15) is 9.59 Å². The summed E-state index contributed by atoms with van der Waals surface area (Å²) >= 11 is 0. The number of benzene rings is 1. The van der Waals surface area contributed by atoms with Gasteiger partial charge in [-0.3, -0.25) is 9.48 Å². The number of likely N-dealkylation sites (N-methyl/N-ethyl adjacent to an activating group) is 1. The molecule has 1 amide bonds. The number of nitrogens with zero attached hydrogens (tertiary/aromatic N) is 3. The average molecular weight is 343 g/mol.